The maximum absolute atomic E-state index is 11.9. The number of carbonyl (C=O) groups excluding carboxylic acids is 3. The second kappa shape index (κ2) is 10.0. The van der Waals surface area contributed by atoms with Crippen molar-refractivity contribution in [3.05, 3.63) is 65.2 Å². The van der Waals surface area contributed by atoms with Crippen LogP contribution in [-0.4, -0.2) is 30.6 Å². The Hall–Kier alpha value is -3.48. The Bertz CT molecular complexity index is 856. The van der Waals surface area contributed by atoms with Gasteiger partial charge in [-0.05, 0) is 48.2 Å². The summed E-state index contributed by atoms with van der Waals surface area (Å²) in [6.07, 6.45) is 1.46. The van der Waals surface area contributed by atoms with Crippen molar-refractivity contribution in [2.24, 2.45) is 5.10 Å². The lowest BCUT2D eigenvalue weighted by molar-refractivity contribution is -0.136. The molecule has 0 unspecified atom stereocenters. The minimum absolute atomic E-state index is 0.278. The zero-order valence-corrected chi connectivity index (χ0v) is 16.1. The van der Waals surface area contributed by atoms with E-state index in [1.807, 2.05) is 24.3 Å². The first-order valence-electron chi connectivity index (χ1n) is 8.92. The maximum Gasteiger partial charge on any atom is 0.338 e. The molecule has 2 aromatic rings. The summed E-state index contributed by atoms with van der Waals surface area (Å²) in [5, 5.41) is 6.22. The van der Waals surface area contributed by atoms with E-state index in [2.05, 4.69) is 29.7 Å². The van der Waals surface area contributed by atoms with E-state index in [9.17, 15) is 14.4 Å². The van der Waals surface area contributed by atoms with Crippen molar-refractivity contribution in [3.8, 4) is 0 Å². The quantitative estimate of drug-likeness (QED) is 0.348. The van der Waals surface area contributed by atoms with Crippen LogP contribution in [0.15, 0.2) is 53.6 Å². The van der Waals surface area contributed by atoms with E-state index >= 15 is 0 Å². The minimum atomic E-state index is -0.899. The summed E-state index contributed by atoms with van der Waals surface area (Å²) in [6.45, 7) is 6.20. The number of carbonyl (C=O) groups is 3. The summed E-state index contributed by atoms with van der Waals surface area (Å²) in [5.41, 5.74) is 4.92. The highest BCUT2D eigenvalue weighted by Crippen LogP contribution is 2.14. The molecule has 0 bridgehead atoms. The molecule has 28 heavy (non-hydrogen) atoms. The van der Waals surface area contributed by atoms with Crippen LogP contribution in [0.1, 0.15) is 48.2 Å². The topological polar surface area (TPSA) is 96.9 Å². The lowest BCUT2D eigenvalue weighted by atomic mass is 10.0. The fourth-order valence-corrected chi connectivity index (χ4v) is 2.28. The van der Waals surface area contributed by atoms with Crippen LogP contribution in [0.5, 0.6) is 0 Å². The molecule has 0 aliphatic heterocycles. The number of rotatable bonds is 6. The van der Waals surface area contributed by atoms with E-state index < -0.39 is 17.8 Å². The number of benzene rings is 2. The highest BCUT2D eigenvalue weighted by Gasteiger charge is 2.13. The number of amides is 2. The monoisotopic (exact) mass is 381 g/mol. The second-order valence-electron chi connectivity index (χ2n) is 6.27. The SMILES string of the molecule is CCOC(=O)c1ccc(NC(=O)C(=O)N/N=C\c2ccc(C(C)C)cc2)cc1. The third kappa shape index (κ3) is 6.05. The van der Waals surface area contributed by atoms with E-state index in [4.69, 9.17) is 4.74 Å². The summed E-state index contributed by atoms with van der Waals surface area (Å²) in [7, 11) is 0. The van der Waals surface area contributed by atoms with Gasteiger partial charge >= 0.3 is 17.8 Å². The van der Waals surface area contributed by atoms with E-state index in [-0.39, 0.29) is 6.61 Å². The number of nitrogens with zero attached hydrogens (tertiary/aromatic N) is 1. The van der Waals surface area contributed by atoms with Crippen LogP contribution in [0, 0.1) is 0 Å². The molecule has 0 saturated heterocycles. The van der Waals surface area contributed by atoms with Gasteiger partial charge in [-0.1, -0.05) is 38.1 Å². The van der Waals surface area contributed by atoms with Gasteiger partial charge in [0.15, 0.2) is 0 Å². The molecule has 0 aliphatic carbocycles. The molecule has 0 aromatic heterocycles. The Morgan fingerprint density at radius 3 is 2.21 bits per heavy atom. The Balaban J connectivity index is 1.87. The Kier molecular flexibility index (Phi) is 7.45. The van der Waals surface area contributed by atoms with Crippen molar-refractivity contribution in [1.82, 2.24) is 5.43 Å². The van der Waals surface area contributed by atoms with Gasteiger partial charge in [0.2, 0.25) is 0 Å². The van der Waals surface area contributed by atoms with Crippen molar-refractivity contribution < 1.29 is 19.1 Å². The second-order valence-corrected chi connectivity index (χ2v) is 6.27. The summed E-state index contributed by atoms with van der Waals surface area (Å²) >= 11 is 0. The van der Waals surface area contributed by atoms with Crippen LogP contribution in [0.3, 0.4) is 0 Å². The van der Waals surface area contributed by atoms with Crippen molar-refractivity contribution in [2.75, 3.05) is 11.9 Å². The van der Waals surface area contributed by atoms with Gasteiger partial charge in [-0.25, -0.2) is 10.2 Å². The van der Waals surface area contributed by atoms with Gasteiger partial charge in [0.1, 0.15) is 0 Å². The molecule has 146 valence electrons. The molecule has 2 rings (SSSR count). The average Bonchev–Trinajstić information content (AvgIpc) is 2.69. The van der Waals surface area contributed by atoms with Crippen LogP contribution in [0.25, 0.3) is 0 Å². The molecule has 0 heterocycles. The highest BCUT2D eigenvalue weighted by atomic mass is 16.5. The molecular formula is C21H23N3O4. The number of hydrazone groups is 1. The first kappa shape index (κ1) is 20.8. The van der Waals surface area contributed by atoms with Crippen LogP contribution in [-0.2, 0) is 14.3 Å². The first-order chi connectivity index (χ1) is 13.4. The number of hydrogen-bond acceptors (Lipinski definition) is 5. The van der Waals surface area contributed by atoms with Crippen LogP contribution in [0.4, 0.5) is 5.69 Å². The Morgan fingerprint density at radius 2 is 1.64 bits per heavy atom. The van der Waals surface area contributed by atoms with Crippen LogP contribution >= 0.6 is 0 Å². The number of hydrogen-bond donors (Lipinski definition) is 2. The molecule has 0 atom stereocenters. The van der Waals surface area contributed by atoms with Gasteiger partial charge < -0.3 is 10.1 Å². The molecule has 0 fully saturated rings. The summed E-state index contributed by atoms with van der Waals surface area (Å²) in [4.78, 5) is 35.3. The maximum atomic E-state index is 11.9. The van der Waals surface area contributed by atoms with E-state index in [0.29, 0.717) is 17.2 Å². The van der Waals surface area contributed by atoms with Crippen LogP contribution in [0.2, 0.25) is 0 Å². The standard InChI is InChI=1S/C21H23N3O4/c1-4-28-21(27)17-9-11-18(12-10-17)23-19(25)20(26)24-22-13-15-5-7-16(8-6-15)14(2)3/h5-14H,4H2,1-3H3,(H,23,25)(H,24,26)/b22-13-. The summed E-state index contributed by atoms with van der Waals surface area (Å²) in [6, 6.07) is 13.8. The number of ether oxygens (including phenoxy) is 1. The molecule has 0 spiro atoms. The molecule has 0 radical (unpaired) electrons. The molecule has 2 aromatic carbocycles. The number of nitrogens with one attached hydrogen (secondary N) is 2. The van der Waals surface area contributed by atoms with Crippen molar-refractivity contribution in [1.29, 1.82) is 0 Å². The fourth-order valence-electron chi connectivity index (χ4n) is 2.28. The lowest BCUT2D eigenvalue weighted by Gasteiger charge is -2.06. The van der Waals surface area contributed by atoms with Crippen molar-refractivity contribution in [3.63, 3.8) is 0 Å². The van der Waals surface area contributed by atoms with Gasteiger partial charge in [-0.15, -0.1) is 0 Å². The molecule has 7 heteroatoms. The zero-order valence-electron chi connectivity index (χ0n) is 16.1. The first-order valence-corrected chi connectivity index (χ1v) is 8.92. The zero-order chi connectivity index (χ0) is 20.5. The molecule has 0 saturated carbocycles. The fraction of sp³-hybridized carbons (Fsp3) is 0.238. The molecule has 2 amide bonds. The van der Waals surface area contributed by atoms with Gasteiger partial charge in [-0.3, -0.25) is 9.59 Å². The average molecular weight is 381 g/mol. The predicted octanol–water partition coefficient (Wildman–Crippen LogP) is 3.08. The van der Waals surface area contributed by atoms with E-state index in [1.54, 1.807) is 6.92 Å². The van der Waals surface area contributed by atoms with Crippen molar-refractivity contribution >= 4 is 29.7 Å². The van der Waals surface area contributed by atoms with Crippen molar-refractivity contribution in [2.45, 2.75) is 26.7 Å². The Labute approximate surface area is 163 Å². The smallest absolute Gasteiger partial charge is 0.338 e. The predicted molar refractivity (Wildman–Crippen MR) is 107 cm³/mol. The molecule has 7 nitrogen and oxygen atoms in total. The minimum Gasteiger partial charge on any atom is -0.462 e. The normalized spacial score (nSPS) is 10.7. The largest absolute Gasteiger partial charge is 0.462 e. The third-order valence-corrected chi connectivity index (χ3v) is 3.84. The van der Waals surface area contributed by atoms with Crippen LogP contribution < -0.4 is 10.7 Å². The van der Waals surface area contributed by atoms with Gasteiger partial charge in [0.25, 0.3) is 0 Å². The molecule has 2 N–H and O–H groups in total. The van der Waals surface area contributed by atoms with E-state index in [1.165, 1.54) is 36.0 Å². The van der Waals surface area contributed by atoms with Gasteiger partial charge in [-0.2, -0.15) is 5.10 Å². The van der Waals surface area contributed by atoms with Gasteiger partial charge in [0.05, 0.1) is 18.4 Å². The van der Waals surface area contributed by atoms with Gasteiger partial charge in [0, 0.05) is 5.69 Å². The number of esters is 1. The number of anilines is 1. The van der Waals surface area contributed by atoms with E-state index in [0.717, 1.165) is 5.56 Å². The Morgan fingerprint density at radius 1 is 1.00 bits per heavy atom. The lowest BCUT2D eigenvalue weighted by Crippen LogP contribution is -2.32. The third-order valence-electron chi connectivity index (χ3n) is 3.84. The summed E-state index contributed by atoms with van der Waals surface area (Å²) in [5.74, 6) is -1.78. The highest BCUT2D eigenvalue weighted by molar-refractivity contribution is 6.39. The molecule has 0 aliphatic rings. The summed E-state index contributed by atoms with van der Waals surface area (Å²) < 4.78 is 4.88. The molecular weight excluding hydrogens is 358 g/mol.